The van der Waals surface area contributed by atoms with E-state index in [9.17, 15) is 0 Å². The van der Waals surface area contributed by atoms with Crippen molar-refractivity contribution in [2.24, 2.45) is 0 Å². The van der Waals surface area contributed by atoms with Crippen LogP contribution in [0.25, 0.3) is 0 Å². The van der Waals surface area contributed by atoms with E-state index in [-0.39, 0.29) is 5.25 Å². The molecule has 0 saturated heterocycles. The van der Waals surface area contributed by atoms with Gasteiger partial charge < -0.3 is 9.84 Å². The van der Waals surface area contributed by atoms with Crippen molar-refractivity contribution < 1.29 is 4.52 Å². The van der Waals surface area contributed by atoms with Crippen molar-refractivity contribution in [3.63, 3.8) is 0 Å². The van der Waals surface area contributed by atoms with Gasteiger partial charge in [0.1, 0.15) is 0 Å². The van der Waals surface area contributed by atoms with E-state index in [0.717, 1.165) is 27.0 Å². The highest BCUT2D eigenvalue weighted by molar-refractivity contribution is 8.01. The largest absolute Gasteiger partial charge is 0.338 e. The number of thioether (sulfide) groups is 1. The average Bonchev–Trinajstić information content (AvgIpc) is 3.20. The molecule has 0 saturated carbocycles. The molecule has 0 spiro atoms. The van der Waals surface area contributed by atoms with Gasteiger partial charge in [-0.1, -0.05) is 52.8 Å². The van der Waals surface area contributed by atoms with Crippen molar-refractivity contribution in [3.05, 3.63) is 40.5 Å². The predicted octanol–water partition coefficient (Wildman–Crippen LogP) is 5.04. The molecule has 9 heteroatoms. The minimum Gasteiger partial charge on any atom is -0.338 e. The fourth-order valence-electron chi connectivity index (χ4n) is 1.88. The number of rotatable bonds is 6. The van der Waals surface area contributed by atoms with Crippen LogP contribution in [0.5, 0.6) is 0 Å². The molecule has 0 radical (unpaired) electrons. The van der Waals surface area contributed by atoms with Crippen LogP contribution in [0.3, 0.4) is 0 Å². The summed E-state index contributed by atoms with van der Waals surface area (Å²) < 4.78 is 6.09. The van der Waals surface area contributed by atoms with Gasteiger partial charge in [-0.3, -0.25) is 0 Å². The number of anilines is 2. The highest BCUT2D eigenvalue weighted by atomic mass is 35.5. The fourth-order valence-corrected chi connectivity index (χ4v) is 4.01. The number of aromatic nitrogens is 4. The van der Waals surface area contributed by atoms with Gasteiger partial charge in [-0.15, -0.1) is 10.2 Å². The zero-order valence-corrected chi connectivity index (χ0v) is 15.8. The Labute approximate surface area is 153 Å². The first kappa shape index (κ1) is 17.2. The standard InChI is InChI=1S/C15H16ClN5OS2/c1-4-12-18-13(22-21-12)9(3)23-15-20-19-14(24-15)17-10-6-5-8(2)11(16)7-10/h5-7,9H,4H2,1-3H3,(H,17,19). The Morgan fingerprint density at radius 1 is 1.38 bits per heavy atom. The van der Waals surface area contributed by atoms with Gasteiger partial charge in [-0.05, 0) is 31.5 Å². The second-order valence-electron chi connectivity index (χ2n) is 5.12. The summed E-state index contributed by atoms with van der Waals surface area (Å²) in [5, 5.41) is 16.9. The Morgan fingerprint density at radius 2 is 2.21 bits per heavy atom. The quantitative estimate of drug-likeness (QED) is 0.599. The molecule has 6 nitrogen and oxygen atoms in total. The van der Waals surface area contributed by atoms with Crippen LogP contribution in [0.15, 0.2) is 27.1 Å². The molecule has 1 aromatic carbocycles. The first-order chi connectivity index (χ1) is 11.5. The number of hydrogen-bond donors (Lipinski definition) is 1. The molecular formula is C15H16ClN5OS2. The number of aryl methyl sites for hydroxylation is 2. The molecule has 24 heavy (non-hydrogen) atoms. The predicted molar refractivity (Wildman–Crippen MR) is 97.3 cm³/mol. The molecule has 1 N–H and O–H groups in total. The Kier molecular flexibility index (Phi) is 5.37. The van der Waals surface area contributed by atoms with Gasteiger partial charge in [0.2, 0.25) is 11.0 Å². The van der Waals surface area contributed by atoms with Crippen LogP contribution < -0.4 is 5.32 Å². The molecule has 126 valence electrons. The molecular weight excluding hydrogens is 366 g/mol. The van der Waals surface area contributed by atoms with Crippen molar-refractivity contribution in [2.75, 3.05) is 5.32 Å². The van der Waals surface area contributed by atoms with Crippen LogP contribution in [-0.4, -0.2) is 20.3 Å². The summed E-state index contributed by atoms with van der Waals surface area (Å²) in [4.78, 5) is 4.34. The summed E-state index contributed by atoms with van der Waals surface area (Å²) >= 11 is 9.15. The second kappa shape index (κ2) is 7.50. The molecule has 0 fully saturated rings. The number of halogens is 1. The van der Waals surface area contributed by atoms with Crippen LogP contribution >= 0.6 is 34.7 Å². The summed E-state index contributed by atoms with van der Waals surface area (Å²) in [7, 11) is 0. The third kappa shape index (κ3) is 4.06. The molecule has 0 aliphatic carbocycles. The molecule has 1 atom stereocenters. The highest BCUT2D eigenvalue weighted by Crippen LogP contribution is 2.37. The summed E-state index contributed by atoms with van der Waals surface area (Å²) in [5.41, 5.74) is 1.92. The van der Waals surface area contributed by atoms with E-state index in [4.69, 9.17) is 16.1 Å². The van der Waals surface area contributed by atoms with Crippen LogP contribution in [0.4, 0.5) is 10.8 Å². The van der Waals surface area contributed by atoms with E-state index in [2.05, 4.69) is 25.7 Å². The van der Waals surface area contributed by atoms with Gasteiger partial charge in [0.05, 0.1) is 5.25 Å². The lowest BCUT2D eigenvalue weighted by molar-refractivity contribution is 0.375. The first-order valence-electron chi connectivity index (χ1n) is 7.41. The molecule has 1 unspecified atom stereocenters. The molecule has 3 aromatic rings. The molecule has 2 heterocycles. The molecule has 3 rings (SSSR count). The van der Waals surface area contributed by atoms with Crippen LogP contribution in [0.2, 0.25) is 5.02 Å². The maximum absolute atomic E-state index is 6.14. The Bertz CT molecular complexity index is 835. The van der Waals surface area contributed by atoms with Crippen molar-refractivity contribution >= 4 is 45.5 Å². The number of nitrogens with zero attached hydrogens (tertiary/aromatic N) is 4. The summed E-state index contributed by atoms with van der Waals surface area (Å²) in [6.07, 6.45) is 0.757. The minimum atomic E-state index is 0.0208. The molecule has 2 aromatic heterocycles. The van der Waals surface area contributed by atoms with E-state index < -0.39 is 0 Å². The second-order valence-corrected chi connectivity index (χ2v) is 8.10. The van der Waals surface area contributed by atoms with Gasteiger partial charge in [0.15, 0.2) is 10.2 Å². The Morgan fingerprint density at radius 3 is 2.92 bits per heavy atom. The molecule has 0 aliphatic rings. The lowest BCUT2D eigenvalue weighted by Gasteiger charge is -2.04. The molecule has 0 amide bonds. The van der Waals surface area contributed by atoms with E-state index in [1.54, 1.807) is 11.8 Å². The molecule has 0 aliphatic heterocycles. The fraction of sp³-hybridized carbons (Fsp3) is 0.333. The van der Waals surface area contributed by atoms with E-state index >= 15 is 0 Å². The van der Waals surface area contributed by atoms with Gasteiger partial charge in [-0.2, -0.15) is 4.98 Å². The maximum atomic E-state index is 6.14. The average molecular weight is 382 g/mol. The minimum absolute atomic E-state index is 0.0208. The summed E-state index contributed by atoms with van der Waals surface area (Å²) in [6.45, 7) is 5.97. The third-order valence-corrected chi connectivity index (χ3v) is 5.67. The Hall–Kier alpha value is -1.64. The maximum Gasteiger partial charge on any atom is 0.239 e. The van der Waals surface area contributed by atoms with Crippen LogP contribution in [0.1, 0.15) is 36.4 Å². The van der Waals surface area contributed by atoms with E-state index in [0.29, 0.717) is 16.8 Å². The van der Waals surface area contributed by atoms with Crippen molar-refractivity contribution in [1.82, 2.24) is 20.3 Å². The monoisotopic (exact) mass is 381 g/mol. The van der Waals surface area contributed by atoms with E-state index in [1.807, 2.05) is 39.0 Å². The number of hydrogen-bond acceptors (Lipinski definition) is 8. The van der Waals surface area contributed by atoms with Gasteiger partial charge in [-0.25, -0.2) is 0 Å². The highest BCUT2D eigenvalue weighted by Gasteiger charge is 2.17. The normalized spacial score (nSPS) is 12.3. The zero-order chi connectivity index (χ0) is 17.1. The lowest BCUT2D eigenvalue weighted by Crippen LogP contribution is -1.90. The van der Waals surface area contributed by atoms with Crippen LogP contribution in [-0.2, 0) is 6.42 Å². The first-order valence-corrected chi connectivity index (χ1v) is 9.48. The van der Waals surface area contributed by atoms with Gasteiger partial charge in [0, 0.05) is 17.1 Å². The number of nitrogens with one attached hydrogen (secondary N) is 1. The van der Waals surface area contributed by atoms with Crippen LogP contribution in [0, 0.1) is 6.92 Å². The van der Waals surface area contributed by atoms with Crippen molar-refractivity contribution in [2.45, 2.75) is 36.8 Å². The van der Waals surface area contributed by atoms with Crippen molar-refractivity contribution in [1.29, 1.82) is 0 Å². The smallest absolute Gasteiger partial charge is 0.239 e. The SMILES string of the molecule is CCc1noc(C(C)Sc2nnc(Nc3ccc(C)c(Cl)c3)s2)n1. The number of benzene rings is 1. The zero-order valence-electron chi connectivity index (χ0n) is 13.4. The summed E-state index contributed by atoms with van der Waals surface area (Å²) in [5.74, 6) is 1.32. The third-order valence-electron chi connectivity index (χ3n) is 3.25. The topological polar surface area (TPSA) is 76.7 Å². The van der Waals surface area contributed by atoms with Gasteiger partial charge >= 0.3 is 0 Å². The summed E-state index contributed by atoms with van der Waals surface area (Å²) in [6, 6.07) is 5.80. The lowest BCUT2D eigenvalue weighted by atomic mass is 10.2. The Balaban J connectivity index is 1.65. The van der Waals surface area contributed by atoms with E-state index in [1.165, 1.54) is 11.3 Å². The van der Waals surface area contributed by atoms with Gasteiger partial charge in [0.25, 0.3) is 0 Å². The molecule has 0 bridgehead atoms. The van der Waals surface area contributed by atoms with Crippen molar-refractivity contribution in [3.8, 4) is 0 Å².